The predicted molar refractivity (Wildman–Crippen MR) is 58.8 cm³/mol. The maximum absolute atomic E-state index is 9.27. The van der Waals surface area contributed by atoms with Crippen molar-refractivity contribution >= 4 is 0 Å². The van der Waals surface area contributed by atoms with Crippen molar-refractivity contribution in [1.82, 2.24) is 9.55 Å². The van der Waals surface area contributed by atoms with Gasteiger partial charge in [0.1, 0.15) is 0 Å². The molecule has 1 aromatic rings. The van der Waals surface area contributed by atoms with Crippen LogP contribution in [0.15, 0.2) is 0 Å². The second kappa shape index (κ2) is 5.83. The first kappa shape index (κ1) is 13.0. The largest absolute Gasteiger partial charge is 0.465 e. The van der Waals surface area contributed by atoms with Gasteiger partial charge in [-0.1, -0.05) is 6.92 Å². The number of ether oxygens (including phenoxy) is 1. The molecule has 1 unspecified atom stereocenters. The summed E-state index contributed by atoms with van der Waals surface area (Å²) in [7, 11) is 0. The lowest BCUT2D eigenvalue weighted by atomic mass is 10.3. The molecule has 0 fully saturated rings. The summed E-state index contributed by atoms with van der Waals surface area (Å²) in [4.78, 5) is 4.11. The van der Waals surface area contributed by atoms with Crippen LogP contribution in [0.2, 0.25) is 0 Å². The monoisotopic (exact) mass is 229 g/mol. The number of aromatic nitrogens is 2. The van der Waals surface area contributed by atoms with E-state index in [9.17, 15) is 5.11 Å². The number of imidazole rings is 1. The van der Waals surface area contributed by atoms with Crippen LogP contribution in [0.4, 0.5) is 0 Å². The highest BCUT2D eigenvalue weighted by Gasteiger charge is 2.20. The van der Waals surface area contributed by atoms with E-state index in [1.807, 2.05) is 13.8 Å². The van der Waals surface area contributed by atoms with Crippen LogP contribution in [0.1, 0.15) is 37.8 Å². The molecule has 0 saturated carbocycles. The van der Waals surface area contributed by atoms with Gasteiger partial charge in [-0.2, -0.15) is 4.98 Å². The fourth-order valence-electron chi connectivity index (χ4n) is 1.54. The average molecular weight is 229 g/mol. The Kier molecular flexibility index (Phi) is 4.72. The standard InChI is InChI=1S/C10H19N3O3/c1-3-9(11)13-8(6-15)7(5-14)12-10(13)16-4-2/h9,14-15H,3-6,11H2,1-2H3. The maximum atomic E-state index is 9.27. The molecule has 4 N–H and O–H groups in total. The molecular weight excluding hydrogens is 210 g/mol. The molecule has 0 amide bonds. The van der Waals surface area contributed by atoms with Crippen LogP contribution in [0, 0.1) is 0 Å². The van der Waals surface area contributed by atoms with Crippen LogP contribution < -0.4 is 10.5 Å². The Bertz CT molecular complexity index is 338. The van der Waals surface area contributed by atoms with Crippen molar-refractivity contribution in [2.45, 2.75) is 39.6 Å². The van der Waals surface area contributed by atoms with Gasteiger partial charge >= 0.3 is 0 Å². The third kappa shape index (κ3) is 2.34. The number of aliphatic hydroxyl groups excluding tert-OH is 2. The van der Waals surface area contributed by atoms with E-state index in [4.69, 9.17) is 15.6 Å². The first-order chi connectivity index (χ1) is 7.69. The molecule has 0 bridgehead atoms. The number of rotatable bonds is 6. The van der Waals surface area contributed by atoms with Gasteiger partial charge in [-0.25, -0.2) is 0 Å². The first-order valence-electron chi connectivity index (χ1n) is 5.39. The molecule has 0 aliphatic rings. The summed E-state index contributed by atoms with van der Waals surface area (Å²) in [6.45, 7) is 3.78. The molecule has 0 spiro atoms. The minimum atomic E-state index is -0.309. The van der Waals surface area contributed by atoms with E-state index in [1.165, 1.54) is 0 Å². The van der Waals surface area contributed by atoms with E-state index >= 15 is 0 Å². The van der Waals surface area contributed by atoms with Crippen molar-refractivity contribution < 1.29 is 14.9 Å². The summed E-state index contributed by atoms with van der Waals surface area (Å²) in [6, 6.07) is 0.352. The molecule has 0 aliphatic heterocycles. The lowest BCUT2D eigenvalue weighted by molar-refractivity contribution is 0.241. The smallest absolute Gasteiger partial charge is 0.298 e. The number of nitrogens with two attached hydrogens (primary N) is 1. The topological polar surface area (TPSA) is 93.5 Å². The molecule has 1 aromatic heterocycles. The average Bonchev–Trinajstić information content (AvgIpc) is 2.66. The van der Waals surface area contributed by atoms with Crippen LogP contribution >= 0.6 is 0 Å². The van der Waals surface area contributed by atoms with Gasteiger partial charge in [0, 0.05) is 0 Å². The molecule has 16 heavy (non-hydrogen) atoms. The van der Waals surface area contributed by atoms with E-state index in [-0.39, 0.29) is 19.4 Å². The van der Waals surface area contributed by atoms with Gasteiger partial charge in [-0.15, -0.1) is 0 Å². The Hall–Kier alpha value is -1.11. The fourth-order valence-corrected chi connectivity index (χ4v) is 1.54. The van der Waals surface area contributed by atoms with E-state index in [2.05, 4.69) is 4.98 Å². The van der Waals surface area contributed by atoms with E-state index < -0.39 is 0 Å². The Morgan fingerprint density at radius 1 is 1.38 bits per heavy atom. The summed E-state index contributed by atoms with van der Waals surface area (Å²) in [5, 5.41) is 18.4. The molecule has 92 valence electrons. The summed E-state index contributed by atoms with van der Waals surface area (Å²) in [5.41, 5.74) is 6.85. The van der Waals surface area contributed by atoms with Crippen LogP contribution in [0.5, 0.6) is 6.01 Å². The summed E-state index contributed by atoms with van der Waals surface area (Å²) in [5.74, 6) is 0. The Morgan fingerprint density at radius 2 is 2.06 bits per heavy atom. The summed E-state index contributed by atoms with van der Waals surface area (Å²) >= 11 is 0. The van der Waals surface area contributed by atoms with E-state index in [0.29, 0.717) is 30.4 Å². The minimum absolute atomic E-state index is 0.219. The van der Waals surface area contributed by atoms with Crippen molar-refractivity contribution in [2.24, 2.45) is 5.73 Å². The lowest BCUT2D eigenvalue weighted by Crippen LogP contribution is -2.21. The quantitative estimate of drug-likeness (QED) is 0.645. The SMILES string of the molecule is CCOc1nc(CO)c(CO)n1C(N)CC. The molecule has 0 saturated heterocycles. The number of nitrogens with zero attached hydrogens (tertiary/aromatic N) is 2. The van der Waals surface area contributed by atoms with Crippen molar-refractivity contribution in [3.63, 3.8) is 0 Å². The Morgan fingerprint density at radius 3 is 2.50 bits per heavy atom. The third-order valence-electron chi connectivity index (χ3n) is 2.38. The van der Waals surface area contributed by atoms with E-state index in [0.717, 1.165) is 0 Å². The molecule has 1 atom stereocenters. The molecule has 1 rings (SSSR count). The molecule has 1 heterocycles. The predicted octanol–water partition coefficient (Wildman–Crippen LogP) is 0.134. The zero-order valence-corrected chi connectivity index (χ0v) is 9.68. The zero-order valence-electron chi connectivity index (χ0n) is 9.68. The van der Waals surface area contributed by atoms with Gasteiger partial charge in [0.15, 0.2) is 0 Å². The summed E-state index contributed by atoms with van der Waals surface area (Å²) in [6.07, 6.45) is 0.380. The van der Waals surface area contributed by atoms with E-state index in [1.54, 1.807) is 4.57 Å². The van der Waals surface area contributed by atoms with Gasteiger partial charge in [0.25, 0.3) is 6.01 Å². The van der Waals surface area contributed by atoms with Gasteiger partial charge in [-0.05, 0) is 13.3 Å². The minimum Gasteiger partial charge on any atom is -0.465 e. The highest BCUT2D eigenvalue weighted by molar-refractivity contribution is 5.20. The van der Waals surface area contributed by atoms with Crippen LogP contribution in [-0.4, -0.2) is 26.4 Å². The van der Waals surface area contributed by atoms with Gasteiger partial charge in [0.05, 0.1) is 37.4 Å². The molecular formula is C10H19N3O3. The van der Waals surface area contributed by atoms with Gasteiger partial charge in [-0.3, -0.25) is 4.57 Å². The Labute approximate surface area is 94.7 Å². The number of hydrogen-bond donors (Lipinski definition) is 3. The highest BCUT2D eigenvalue weighted by atomic mass is 16.5. The van der Waals surface area contributed by atoms with Gasteiger partial charge in [0.2, 0.25) is 0 Å². The third-order valence-corrected chi connectivity index (χ3v) is 2.38. The van der Waals surface area contributed by atoms with Crippen LogP contribution in [0.3, 0.4) is 0 Å². The normalized spacial score (nSPS) is 12.8. The Balaban J connectivity index is 3.20. The second-order valence-electron chi connectivity index (χ2n) is 3.38. The molecule has 0 aliphatic carbocycles. The van der Waals surface area contributed by atoms with Gasteiger partial charge < -0.3 is 20.7 Å². The number of hydrogen-bond acceptors (Lipinski definition) is 5. The lowest BCUT2D eigenvalue weighted by Gasteiger charge is -2.16. The van der Waals surface area contributed by atoms with Crippen molar-refractivity contribution in [1.29, 1.82) is 0 Å². The second-order valence-corrected chi connectivity index (χ2v) is 3.38. The van der Waals surface area contributed by atoms with Crippen molar-refractivity contribution in [2.75, 3.05) is 6.61 Å². The van der Waals surface area contributed by atoms with Crippen molar-refractivity contribution in [3.05, 3.63) is 11.4 Å². The first-order valence-corrected chi connectivity index (χ1v) is 5.39. The molecule has 6 nitrogen and oxygen atoms in total. The molecule has 0 radical (unpaired) electrons. The highest BCUT2D eigenvalue weighted by Crippen LogP contribution is 2.23. The van der Waals surface area contributed by atoms with Crippen LogP contribution in [0.25, 0.3) is 0 Å². The number of aliphatic hydroxyl groups is 2. The van der Waals surface area contributed by atoms with Crippen LogP contribution in [-0.2, 0) is 13.2 Å². The molecule has 0 aromatic carbocycles. The summed E-state index contributed by atoms with van der Waals surface area (Å²) < 4.78 is 6.97. The molecule has 6 heteroatoms. The van der Waals surface area contributed by atoms with Crippen molar-refractivity contribution in [3.8, 4) is 6.01 Å². The zero-order chi connectivity index (χ0) is 12.1. The maximum Gasteiger partial charge on any atom is 0.298 e. The fraction of sp³-hybridized carbons (Fsp3) is 0.700.